The van der Waals surface area contributed by atoms with Crippen LogP contribution >= 0.6 is 0 Å². The quantitative estimate of drug-likeness (QED) is 0.661. The maximum atomic E-state index is 12.8. The molecule has 0 heterocycles. The van der Waals surface area contributed by atoms with Crippen LogP contribution < -0.4 is 16.8 Å². The van der Waals surface area contributed by atoms with Gasteiger partial charge < -0.3 is 16.8 Å². The number of halogens is 2. The predicted molar refractivity (Wildman–Crippen MR) is 57.2 cm³/mol. The first-order valence-electron chi connectivity index (χ1n) is 4.67. The van der Waals surface area contributed by atoms with Crippen LogP contribution in [0.4, 0.5) is 14.5 Å². The van der Waals surface area contributed by atoms with Gasteiger partial charge in [0.25, 0.3) is 11.8 Å². The molecule has 5 N–H and O–H groups in total. The summed E-state index contributed by atoms with van der Waals surface area (Å²) in [5.41, 5.74) is 10.8. The van der Waals surface area contributed by atoms with Crippen molar-refractivity contribution in [3.8, 4) is 0 Å². The van der Waals surface area contributed by atoms with E-state index in [-0.39, 0.29) is 11.3 Å². The molecule has 88 valence electrons. The third kappa shape index (κ3) is 3.16. The molecule has 0 saturated heterocycles. The number of para-hydroxylation sites is 1. The highest BCUT2D eigenvalue weighted by Gasteiger charge is 2.27. The van der Waals surface area contributed by atoms with Gasteiger partial charge in [0, 0.05) is 5.69 Å². The van der Waals surface area contributed by atoms with E-state index in [1.807, 2.05) is 0 Å². The smallest absolute Gasteiger partial charge is 0.277 e. The zero-order valence-corrected chi connectivity index (χ0v) is 8.54. The molecule has 1 amide bonds. The van der Waals surface area contributed by atoms with Crippen molar-refractivity contribution in [2.45, 2.75) is 5.92 Å². The van der Waals surface area contributed by atoms with Crippen LogP contribution in [0.25, 0.3) is 0 Å². The molecule has 0 aromatic heterocycles. The second kappa shape index (κ2) is 4.89. The second-order valence-electron chi connectivity index (χ2n) is 3.33. The van der Waals surface area contributed by atoms with E-state index in [1.165, 1.54) is 12.1 Å². The molecule has 0 fully saturated rings. The Morgan fingerprint density at radius 3 is 2.56 bits per heavy atom. The number of anilines is 1. The summed E-state index contributed by atoms with van der Waals surface area (Å²) in [6.45, 7) is -1.60. The summed E-state index contributed by atoms with van der Waals surface area (Å²) in [5, 5.41) is 2.08. The summed E-state index contributed by atoms with van der Waals surface area (Å²) in [6.07, 6.45) is 0. The highest BCUT2D eigenvalue weighted by Crippen LogP contribution is 2.12. The van der Waals surface area contributed by atoms with Gasteiger partial charge in [-0.3, -0.25) is 4.79 Å². The van der Waals surface area contributed by atoms with Crippen LogP contribution in [0.3, 0.4) is 0 Å². The fraction of sp³-hybridized carbons (Fsp3) is 0.300. The van der Waals surface area contributed by atoms with Gasteiger partial charge in [-0.25, -0.2) is 8.78 Å². The molecule has 1 rings (SSSR count). The summed E-state index contributed by atoms with van der Waals surface area (Å²) in [7, 11) is 0. The fourth-order valence-corrected chi connectivity index (χ4v) is 1.08. The minimum absolute atomic E-state index is 0.176. The number of nitrogens with one attached hydrogen (secondary N) is 1. The van der Waals surface area contributed by atoms with Crippen molar-refractivity contribution in [3.63, 3.8) is 0 Å². The molecule has 16 heavy (non-hydrogen) atoms. The van der Waals surface area contributed by atoms with Gasteiger partial charge in [0.05, 0.1) is 18.7 Å². The minimum atomic E-state index is -3.10. The number of benzene rings is 1. The Balaban J connectivity index is 2.64. The van der Waals surface area contributed by atoms with E-state index in [2.05, 4.69) is 5.32 Å². The lowest BCUT2D eigenvalue weighted by atomic mass is 10.1. The molecule has 1 aromatic rings. The van der Waals surface area contributed by atoms with Gasteiger partial charge >= 0.3 is 0 Å². The largest absolute Gasteiger partial charge is 0.398 e. The molecule has 0 unspecified atom stereocenters. The Morgan fingerprint density at radius 2 is 2.00 bits per heavy atom. The van der Waals surface area contributed by atoms with Crippen LogP contribution in [0, 0.1) is 0 Å². The topological polar surface area (TPSA) is 81.1 Å². The zero-order chi connectivity index (χ0) is 12.2. The van der Waals surface area contributed by atoms with Gasteiger partial charge in [0.15, 0.2) is 0 Å². The molecule has 0 spiro atoms. The van der Waals surface area contributed by atoms with Crippen molar-refractivity contribution in [2.75, 3.05) is 18.8 Å². The van der Waals surface area contributed by atoms with Crippen molar-refractivity contribution in [2.24, 2.45) is 5.73 Å². The lowest BCUT2D eigenvalue weighted by Gasteiger charge is -2.14. The average Bonchev–Trinajstić information content (AvgIpc) is 2.27. The SMILES string of the molecule is NCC(F)(F)CNC(=O)c1ccccc1N. The Bertz CT molecular complexity index is 382. The highest BCUT2D eigenvalue weighted by atomic mass is 19.3. The van der Waals surface area contributed by atoms with Crippen LogP contribution in [0.2, 0.25) is 0 Å². The van der Waals surface area contributed by atoms with Crippen molar-refractivity contribution in [1.82, 2.24) is 5.32 Å². The minimum Gasteiger partial charge on any atom is -0.398 e. The highest BCUT2D eigenvalue weighted by molar-refractivity contribution is 5.99. The van der Waals surface area contributed by atoms with Gasteiger partial charge in [0.2, 0.25) is 0 Å². The maximum Gasteiger partial charge on any atom is 0.277 e. The van der Waals surface area contributed by atoms with E-state index in [4.69, 9.17) is 11.5 Å². The predicted octanol–water partition coefficient (Wildman–Crippen LogP) is 0.593. The number of alkyl halides is 2. The first kappa shape index (κ1) is 12.4. The van der Waals surface area contributed by atoms with E-state index in [0.717, 1.165) is 0 Å². The first-order chi connectivity index (χ1) is 7.46. The summed E-state index contributed by atoms with van der Waals surface area (Å²) >= 11 is 0. The van der Waals surface area contributed by atoms with Crippen LogP contribution in [-0.2, 0) is 0 Å². The van der Waals surface area contributed by atoms with E-state index >= 15 is 0 Å². The fourth-order valence-electron chi connectivity index (χ4n) is 1.08. The summed E-state index contributed by atoms with van der Waals surface area (Å²) in [5.74, 6) is -3.73. The number of hydrogen-bond acceptors (Lipinski definition) is 3. The van der Waals surface area contributed by atoms with Gasteiger partial charge in [-0.05, 0) is 12.1 Å². The van der Waals surface area contributed by atoms with Crippen LogP contribution in [0.15, 0.2) is 24.3 Å². The summed E-state index contributed by atoms with van der Waals surface area (Å²) < 4.78 is 25.5. The molecule has 0 bridgehead atoms. The van der Waals surface area contributed by atoms with Gasteiger partial charge in [-0.15, -0.1) is 0 Å². The molecule has 0 radical (unpaired) electrons. The van der Waals surface area contributed by atoms with E-state index in [1.54, 1.807) is 12.1 Å². The third-order valence-corrected chi connectivity index (χ3v) is 2.01. The van der Waals surface area contributed by atoms with Crippen LogP contribution in [-0.4, -0.2) is 24.9 Å². The van der Waals surface area contributed by atoms with Crippen molar-refractivity contribution < 1.29 is 13.6 Å². The van der Waals surface area contributed by atoms with Gasteiger partial charge in [0.1, 0.15) is 0 Å². The monoisotopic (exact) mass is 229 g/mol. The maximum absolute atomic E-state index is 12.8. The van der Waals surface area contributed by atoms with E-state index in [9.17, 15) is 13.6 Å². The molecule has 0 aliphatic heterocycles. The molecule has 4 nitrogen and oxygen atoms in total. The Hall–Kier alpha value is -1.69. The lowest BCUT2D eigenvalue weighted by molar-refractivity contribution is 0.0119. The second-order valence-corrected chi connectivity index (χ2v) is 3.33. The molecular weight excluding hydrogens is 216 g/mol. The van der Waals surface area contributed by atoms with Crippen molar-refractivity contribution >= 4 is 11.6 Å². The lowest BCUT2D eigenvalue weighted by Crippen LogP contribution is -2.41. The first-order valence-corrected chi connectivity index (χ1v) is 4.67. The number of carbonyl (C=O) groups excluding carboxylic acids is 1. The number of rotatable bonds is 4. The Labute approximate surface area is 91.6 Å². The zero-order valence-electron chi connectivity index (χ0n) is 8.54. The number of carbonyl (C=O) groups is 1. The van der Waals surface area contributed by atoms with Gasteiger partial charge in [-0.2, -0.15) is 0 Å². The summed E-state index contributed by atoms with van der Waals surface area (Å²) in [4.78, 5) is 11.5. The van der Waals surface area contributed by atoms with Crippen LogP contribution in [0.1, 0.15) is 10.4 Å². The standard InChI is InChI=1S/C10H13F2N3O/c11-10(12,5-13)6-15-9(16)7-3-1-2-4-8(7)14/h1-4H,5-6,13-14H2,(H,15,16). The number of nitrogens with two attached hydrogens (primary N) is 2. The van der Waals surface area contributed by atoms with Crippen molar-refractivity contribution in [1.29, 1.82) is 0 Å². The average molecular weight is 229 g/mol. The van der Waals surface area contributed by atoms with E-state index in [0.29, 0.717) is 0 Å². The molecule has 0 aliphatic carbocycles. The summed E-state index contributed by atoms with van der Waals surface area (Å²) in [6, 6.07) is 6.24. The Kier molecular flexibility index (Phi) is 3.78. The third-order valence-electron chi connectivity index (χ3n) is 2.01. The molecule has 1 aromatic carbocycles. The molecule has 6 heteroatoms. The van der Waals surface area contributed by atoms with Crippen molar-refractivity contribution in [3.05, 3.63) is 29.8 Å². The van der Waals surface area contributed by atoms with Gasteiger partial charge in [-0.1, -0.05) is 12.1 Å². The van der Waals surface area contributed by atoms with Crippen LogP contribution in [0.5, 0.6) is 0 Å². The molecule has 0 saturated carbocycles. The number of nitrogen functional groups attached to an aromatic ring is 1. The number of amides is 1. The number of hydrogen-bond donors (Lipinski definition) is 3. The molecule has 0 aliphatic rings. The Morgan fingerprint density at radius 1 is 1.38 bits per heavy atom. The molecular formula is C10H13F2N3O. The molecule has 0 atom stereocenters. The normalized spacial score (nSPS) is 11.2. The van der Waals surface area contributed by atoms with E-state index < -0.39 is 24.9 Å².